The first kappa shape index (κ1) is 59.2. The number of carbonyl (C=O) groups excluding carboxylic acids is 1. The Hall–Kier alpha value is -1.84. The standard InChI is InChI=1S/C51H93O9P/c1-3-5-7-9-11-13-15-17-19-21-22-23-24-25-26-27-29-31-33-35-37-39-41-43-51(54)60-50(48-59-61(55,56)58-46-49(53)45-52)47-57-44-42-40-38-36-34-32-30-28-20-18-16-14-12-10-8-6-4-2/h5,7,11,13,17,19-20,22-23,28,49-50,52-53H,3-4,6,8-10,12,14-16,18,21,24-27,29-48H2,1-2H3,(H,55,56)/b7-5-,13-11-,19-17-,23-22-,28-20-. The minimum atomic E-state index is -4.53. The number of aliphatic hydroxyl groups excluding tert-OH is 2. The summed E-state index contributed by atoms with van der Waals surface area (Å²) in [4.78, 5) is 22.7. The second kappa shape index (κ2) is 47.6. The van der Waals surface area contributed by atoms with Gasteiger partial charge in [0.2, 0.25) is 0 Å². The second-order valence-corrected chi connectivity index (χ2v) is 17.9. The van der Waals surface area contributed by atoms with Crippen LogP contribution < -0.4 is 0 Å². The molecule has 9 nitrogen and oxygen atoms in total. The van der Waals surface area contributed by atoms with Gasteiger partial charge in [0.15, 0.2) is 0 Å². The molecule has 0 saturated heterocycles. The number of hydrogen-bond acceptors (Lipinski definition) is 8. The molecule has 356 valence electrons. The Kier molecular flexibility index (Phi) is 46.2. The van der Waals surface area contributed by atoms with Crippen molar-refractivity contribution >= 4 is 13.8 Å². The first-order valence-electron chi connectivity index (χ1n) is 24.8. The maximum atomic E-state index is 12.7. The Morgan fingerprint density at radius 3 is 1.43 bits per heavy atom. The number of phosphoric ester groups is 1. The molecule has 3 unspecified atom stereocenters. The summed E-state index contributed by atoms with van der Waals surface area (Å²) >= 11 is 0. The fourth-order valence-electron chi connectivity index (χ4n) is 6.70. The van der Waals surface area contributed by atoms with Gasteiger partial charge in [-0.15, -0.1) is 0 Å². The third-order valence-electron chi connectivity index (χ3n) is 10.4. The number of carbonyl (C=O) groups is 1. The Balaban J connectivity index is 4.10. The molecule has 0 aliphatic heterocycles. The lowest BCUT2D eigenvalue weighted by molar-refractivity contribution is -0.154. The van der Waals surface area contributed by atoms with Crippen molar-refractivity contribution in [1.29, 1.82) is 0 Å². The van der Waals surface area contributed by atoms with Crippen LogP contribution in [-0.4, -0.2) is 66.3 Å². The smallest absolute Gasteiger partial charge is 0.457 e. The van der Waals surface area contributed by atoms with Gasteiger partial charge in [0.05, 0.1) is 26.4 Å². The number of rotatable bonds is 47. The Morgan fingerprint density at radius 2 is 0.934 bits per heavy atom. The van der Waals surface area contributed by atoms with Crippen molar-refractivity contribution in [3.63, 3.8) is 0 Å². The van der Waals surface area contributed by atoms with Crippen LogP contribution in [0.25, 0.3) is 0 Å². The summed E-state index contributed by atoms with van der Waals surface area (Å²) in [5, 5.41) is 18.4. The molecule has 0 aliphatic carbocycles. The molecule has 0 saturated carbocycles. The lowest BCUT2D eigenvalue weighted by atomic mass is 10.0. The average molecular weight is 881 g/mol. The zero-order valence-corrected chi connectivity index (χ0v) is 40.0. The molecule has 0 fully saturated rings. The van der Waals surface area contributed by atoms with Gasteiger partial charge < -0.3 is 24.6 Å². The highest BCUT2D eigenvalue weighted by atomic mass is 31.2. The Bertz CT molecular complexity index is 1140. The van der Waals surface area contributed by atoms with Crippen LogP contribution in [0, 0.1) is 0 Å². The molecular formula is C51H93O9P. The maximum Gasteiger partial charge on any atom is 0.472 e. The second-order valence-electron chi connectivity index (χ2n) is 16.4. The van der Waals surface area contributed by atoms with E-state index in [1.807, 2.05) is 0 Å². The number of esters is 1. The lowest BCUT2D eigenvalue weighted by Gasteiger charge is -2.20. The van der Waals surface area contributed by atoms with E-state index in [4.69, 9.17) is 23.6 Å². The van der Waals surface area contributed by atoms with Gasteiger partial charge in [-0.25, -0.2) is 4.57 Å². The predicted octanol–water partition coefficient (Wildman–Crippen LogP) is 14.3. The van der Waals surface area contributed by atoms with Crippen molar-refractivity contribution < 1.29 is 43.0 Å². The molecule has 0 radical (unpaired) electrons. The summed E-state index contributed by atoms with van der Waals surface area (Å²) in [5.74, 6) is -0.389. The van der Waals surface area contributed by atoms with Crippen LogP contribution in [0.2, 0.25) is 0 Å². The number of unbranched alkanes of at least 4 members (excludes halogenated alkanes) is 23. The van der Waals surface area contributed by atoms with Crippen LogP contribution in [0.4, 0.5) is 0 Å². The predicted molar refractivity (Wildman–Crippen MR) is 256 cm³/mol. The zero-order chi connectivity index (χ0) is 44.6. The summed E-state index contributed by atoms with van der Waals surface area (Å²) < 4.78 is 33.5. The Morgan fingerprint density at radius 1 is 0.525 bits per heavy atom. The van der Waals surface area contributed by atoms with E-state index in [0.717, 1.165) is 83.5 Å². The molecule has 0 aromatic rings. The number of ether oxygens (including phenoxy) is 2. The van der Waals surface area contributed by atoms with Gasteiger partial charge in [0, 0.05) is 13.0 Å². The first-order chi connectivity index (χ1) is 29.8. The summed E-state index contributed by atoms with van der Waals surface area (Å²) in [5.41, 5.74) is 0. The highest BCUT2D eigenvalue weighted by Gasteiger charge is 2.26. The molecule has 61 heavy (non-hydrogen) atoms. The Labute approximate surface area is 374 Å². The van der Waals surface area contributed by atoms with Crippen molar-refractivity contribution in [2.45, 2.75) is 225 Å². The molecule has 0 aromatic carbocycles. The highest BCUT2D eigenvalue weighted by molar-refractivity contribution is 7.47. The van der Waals surface area contributed by atoms with Crippen LogP contribution in [0.5, 0.6) is 0 Å². The van der Waals surface area contributed by atoms with Crippen molar-refractivity contribution in [2.75, 3.05) is 33.0 Å². The summed E-state index contributed by atoms with van der Waals surface area (Å²) in [6, 6.07) is 0. The van der Waals surface area contributed by atoms with Gasteiger partial charge in [-0.2, -0.15) is 0 Å². The maximum absolute atomic E-state index is 12.7. The van der Waals surface area contributed by atoms with Gasteiger partial charge in [-0.1, -0.05) is 190 Å². The summed E-state index contributed by atoms with van der Waals surface area (Å²) in [6.45, 7) is 3.40. The molecule has 0 spiro atoms. The van der Waals surface area contributed by atoms with E-state index in [2.05, 4.69) is 74.6 Å². The van der Waals surface area contributed by atoms with Crippen LogP contribution >= 0.6 is 7.82 Å². The quantitative estimate of drug-likeness (QED) is 0.0237. The monoisotopic (exact) mass is 881 g/mol. The number of aliphatic hydroxyl groups is 2. The van der Waals surface area contributed by atoms with Crippen LogP contribution in [-0.2, 0) is 27.9 Å². The SMILES string of the molecule is CC/C=C\C/C=C\C/C=C\C/C=C\CCCCCCCCCCCCC(=O)OC(COCCCCCCCC/C=C\CCCCCCCCC)COP(=O)(O)OCC(O)CO. The van der Waals surface area contributed by atoms with Crippen molar-refractivity contribution in [2.24, 2.45) is 0 Å². The molecule has 0 heterocycles. The molecule has 0 amide bonds. The van der Waals surface area contributed by atoms with E-state index in [9.17, 15) is 19.4 Å². The number of hydrogen-bond donors (Lipinski definition) is 3. The third-order valence-corrected chi connectivity index (χ3v) is 11.4. The molecule has 3 N–H and O–H groups in total. The fraction of sp³-hybridized carbons (Fsp3) is 0.784. The minimum Gasteiger partial charge on any atom is -0.457 e. The summed E-state index contributed by atoms with van der Waals surface area (Å²) in [6.07, 6.45) is 56.1. The molecule has 0 rings (SSSR count). The molecule has 3 atom stereocenters. The van der Waals surface area contributed by atoms with E-state index in [-0.39, 0.29) is 25.6 Å². The zero-order valence-electron chi connectivity index (χ0n) is 39.1. The molecule has 0 aliphatic rings. The minimum absolute atomic E-state index is 0.0423. The van der Waals surface area contributed by atoms with Crippen LogP contribution in [0.15, 0.2) is 60.8 Å². The van der Waals surface area contributed by atoms with E-state index in [1.54, 1.807) is 0 Å². The van der Waals surface area contributed by atoms with Crippen molar-refractivity contribution in [1.82, 2.24) is 0 Å². The third kappa shape index (κ3) is 47.5. The van der Waals surface area contributed by atoms with E-state index < -0.39 is 33.2 Å². The first-order valence-corrected chi connectivity index (χ1v) is 26.3. The highest BCUT2D eigenvalue weighted by Crippen LogP contribution is 2.43. The van der Waals surface area contributed by atoms with Gasteiger partial charge in [-0.3, -0.25) is 13.8 Å². The average Bonchev–Trinajstić information content (AvgIpc) is 3.25. The van der Waals surface area contributed by atoms with Gasteiger partial charge in [0.1, 0.15) is 12.2 Å². The molecule has 0 bridgehead atoms. The number of allylic oxidation sites excluding steroid dienone is 10. The van der Waals surface area contributed by atoms with Crippen molar-refractivity contribution in [3.05, 3.63) is 60.8 Å². The van der Waals surface area contributed by atoms with Crippen LogP contribution in [0.3, 0.4) is 0 Å². The van der Waals surface area contributed by atoms with E-state index in [1.165, 1.54) is 109 Å². The topological polar surface area (TPSA) is 132 Å². The fourth-order valence-corrected chi connectivity index (χ4v) is 7.48. The normalized spacial score (nSPS) is 14.4. The number of phosphoric acid groups is 1. The lowest BCUT2D eigenvalue weighted by Crippen LogP contribution is -2.29. The van der Waals surface area contributed by atoms with Gasteiger partial charge in [-0.05, 0) is 77.0 Å². The molecular weight excluding hydrogens is 788 g/mol. The van der Waals surface area contributed by atoms with Crippen LogP contribution in [0.1, 0.15) is 213 Å². The van der Waals surface area contributed by atoms with Crippen molar-refractivity contribution in [3.8, 4) is 0 Å². The van der Waals surface area contributed by atoms with E-state index in [0.29, 0.717) is 6.61 Å². The summed E-state index contributed by atoms with van der Waals surface area (Å²) in [7, 11) is -4.53. The largest absolute Gasteiger partial charge is 0.472 e. The van der Waals surface area contributed by atoms with Gasteiger partial charge in [0.25, 0.3) is 0 Å². The van der Waals surface area contributed by atoms with E-state index >= 15 is 0 Å². The van der Waals surface area contributed by atoms with Gasteiger partial charge >= 0.3 is 13.8 Å². The molecule has 10 heteroatoms. The molecule has 0 aromatic heterocycles.